The van der Waals surface area contributed by atoms with Crippen molar-refractivity contribution in [3.05, 3.63) is 11.6 Å². The summed E-state index contributed by atoms with van der Waals surface area (Å²) in [7, 11) is 0. The van der Waals surface area contributed by atoms with E-state index in [2.05, 4.69) is 20.8 Å². The van der Waals surface area contributed by atoms with Gasteiger partial charge in [0.15, 0.2) is 0 Å². The van der Waals surface area contributed by atoms with Gasteiger partial charge in [-0.25, -0.2) is 0 Å². The number of fused-ring (bicyclic) bond motifs is 1. The molecule has 0 radical (unpaired) electrons. The van der Waals surface area contributed by atoms with Gasteiger partial charge >= 0.3 is 0 Å². The van der Waals surface area contributed by atoms with Crippen molar-refractivity contribution in [2.45, 2.75) is 33.3 Å². The summed E-state index contributed by atoms with van der Waals surface area (Å²) in [4.78, 5) is 0. The quantitative estimate of drug-likeness (QED) is 0.526. The Morgan fingerprint density at radius 2 is 2.18 bits per heavy atom. The van der Waals surface area contributed by atoms with Crippen LogP contribution < -0.4 is 0 Å². The van der Waals surface area contributed by atoms with Gasteiger partial charge in [0.25, 0.3) is 0 Å². The lowest BCUT2D eigenvalue weighted by Gasteiger charge is -2.57. The standard InChI is InChI=1S/C10H16O/c1-6-4-9(11)8-5-7(6)10(8,2)3/h4,7-9,11H,5H2,1-3H3/t7-,8-,9-/m1/s1. The van der Waals surface area contributed by atoms with Crippen LogP contribution in [0.4, 0.5) is 0 Å². The molecule has 1 nitrogen and oxygen atoms in total. The molecule has 0 unspecified atom stereocenters. The fraction of sp³-hybridized carbons (Fsp3) is 0.800. The van der Waals surface area contributed by atoms with Crippen LogP contribution in [0.5, 0.6) is 0 Å². The number of hydrogen-bond acceptors (Lipinski definition) is 1. The SMILES string of the molecule is CC1=C[C@@H](O)[C@H]2C[C@H]1C2(C)C. The Balaban J connectivity index is 2.34. The van der Waals surface area contributed by atoms with E-state index in [1.165, 1.54) is 12.0 Å². The second-order valence-corrected chi connectivity index (χ2v) is 4.62. The molecule has 0 spiro atoms. The smallest absolute Gasteiger partial charge is 0.0757 e. The molecule has 3 aliphatic rings. The average Bonchev–Trinajstić information content (AvgIpc) is 1.84. The zero-order valence-electron chi connectivity index (χ0n) is 7.46. The van der Waals surface area contributed by atoms with E-state index in [1.54, 1.807) is 0 Å². The van der Waals surface area contributed by atoms with E-state index in [0.29, 0.717) is 11.3 Å². The highest BCUT2D eigenvalue weighted by atomic mass is 16.3. The van der Waals surface area contributed by atoms with Gasteiger partial charge in [-0.2, -0.15) is 0 Å². The van der Waals surface area contributed by atoms with Crippen molar-refractivity contribution in [1.29, 1.82) is 0 Å². The summed E-state index contributed by atoms with van der Waals surface area (Å²) < 4.78 is 0. The van der Waals surface area contributed by atoms with Crippen LogP contribution in [0.2, 0.25) is 0 Å². The lowest BCUT2D eigenvalue weighted by molar-refractivity contribution is -0.0760. The Kier molecular flexibility index (Phi) is 1.26. The van der Waals surface area contributed by atoms with Gasteiger partial charge in [-0.05, 0) is 30.6 Å². The lowest BCUT2D eigenvalue weighted by Crippen LogP contribution is -2.53. The molecule has 0 aliphatic heterocycles. The molecule has 11 heavy (non-hydrogen) atoms. The Morgan fingerprint density at radius 3 is 2.55 bits per heavy atom. The van der Waals surface area contributed by atoms with Crippen LogP contribution in [0.15, 0.2) is 11.6 Å². The van der Waals surface area contributed by atoms with E-state index in [4.69, 9.17) is 0 Å². The van der Waals surface area contributed by atoms with Crippen LogP contribution in [0.25, 0.3) is 0 Å². The summed E-state index contributed by atoms with van der Waals surface area (Å²) in [6.07, 6.45) is 3.07. The predicted molar refractivity (Wildman–Crippen MR) is 45.1 cm³/mol. The molecule has 1 fully saturated rings. The van der Waals surface area contributed by atoms with E-state index >= 15 is 0 Å². The molecule has 0 aromatic heterocycles. The molecule has 2 bridgehead atoms. The third kappa shape index (κ3) is 0.750. The third-order valence-corrected chi connectivity index (χ3v) is 3.74. The maximum absolute atomic E-state index is 9.65. The highest BCUT2D eigenvalue weighted by Gasteiger charge is 2.53. The highest BCUT2D eigenvalue weighted by molar-refractivity contribution is 5.24. The fourth-order valence-corrected chi connectivity index (χ4v) is 2.81. The zero-order valence-corrected chi connectivity index (χ0v) is 7.46. The van der Waals surface area contributed by atoms with Gasteiger partial charge in [-0.3, -0.25) is 0 Å². The van der Waals surface area contributed by atoms with E-state index < -0.39 is 0 Å². The minimum atomic E-state index is -0.171. The monoisotopic (exact) mass is 152 g/mol. The highest BCUT2D eigenvalue weighted by Crippen LogP contribution is 2.58. The minimum Gasteiger partial charge on any atom is -0.389 e. The Bertz CT molecular complexity index is 215. The van der Waals surface area contributed by atoms with Crippen molar-refractivity contribution in [2.24, 2.45) is 17.3 Å². The second kappa shape index (κ2) is 1.89. The molecule has 3 aliphatic carbocycles. The molecular formula is C10H16O. The van der Waals surface area contributed by atoms with Crippen LogP contribution in [-0.2, 0) is 0 Å². The van der Waals surface area contributed by atoms with Gasteiger partial charge in [0.1, 0.15) is 0 Å². The molecule has 0 saturated heterocycles. The maximum Gasteiger partial charge on any atom is 0.0757 e. The number of aliphatic hydroxyl groups is 1. The summed E-state index contributed by atoms with van der Waals surface area (Å²) in [6, 6.07) is 0. The van der Waals surface area contributed by atoms with E-state index in [0.717, 1.165) is 5.92 Å². The van der Waals surface area contributed by atoms with E-state index in [1.807, 2.05) is 6.08 Å². The van der Waals surface area contributed by atoms with Gasteiger partial charge in [-0.15, -0.1) is 0 Å². The second-order valence-electron chi connectivity index (χ2n) is 4.62. The normalized spacial score (nSPS) is 46.2. The molecule has 0 heterocycles. The van der Waals surface area contributed by atoms with Gasteiger partial charge < -0.3 is 5.11 Å². The molecule has 1 heteroatoms. The van der Waals surface area contributed by atoms with Crippen molar-refractivity contribution in [3.8, 4) is 0 Å². The summed E-state index contributed by atoms with van der Waals surface area (Å²) in [5.74, 6) is 1.27. The van der Waals surface area contributed by atoms with Crippen molar-refractivity contribution < 1.29 is 5.11 Å². The molecular weight excluding hydrogens is 136 g/mol. The topological polar surface area (TPSA) is 20.2 Å². The molecule has 0 amide bonds. The molecule has 0 aromatic carbocycles. The van der Waals surface area contributed by atoms with E-state index in [9.17, 15) is 5.11 Å². The number of rotatable bonds is 0. The Hall–Kier alpha value is -0.300. The average molecular weight is 152 g/mol. The van der Waals surface area contributed by atoms with Gasteiger partial charge in [-0.1, -0.05) is 25.5 Å². The lowest BCUT2D eigenvalue weighted by atomic mass is 9.48. The fourth-order valence-electron chi connectivity index (χ4n) is 2.81. The van der Waals surface area contributed by atoms with Crippen molar-refractivity contribution >= 4 is 0 Å². The molecule has 0 aromatic rings. The predicted octanol–water partition coefficient (Wildman–Crippen LogP) is 1.97. The van der Waals surface area contributed by atoms with Gasteiger partial charge in [0.2, 0.25) is 0 Å². The van der Waals surface area contributed by atoms with Crippen molar-refractivity contribution in [2.75, 3.05) is 0 Å². The number of hydrogen-bond donors (Lipinski definition) is 1. The van der Waals surface area contributed by atoms with Crippen LogP contribution in [0, 0.1) is 17.3 Å². The van der Waals surface area contributed by atoms with Crippen LogP contribution in [0.3, 0.4) is 0 Å². The largest absolute Gasteiger partial charge is 0.389 e. The third-order valence-electron chi connectivity index (χ3n) is 3.74. The zero-order chi connectivity index (χ0) is 8.22. The first-order valence-electron chi connectivity index (χ1n) is 4.40. The summed E-state index contributed by atoms with van der Waals surface area (Å²) in [6.45, 7) is 6.68. The van der Waals surface area contributed by atoms with Crippen molar-refractivity contribution in [1.82, 2.24) is 0 Å². The molecule has 1 saturated carbocycles. The first-order chi connectivity index (χ1) is 5.03. The molecule has 3 atom stereocenters. The first kappa shape index (κ1) is 7.35. The van der Waals surface area contributed by atoms with Gasteiger partial charge in [0.05, 0.1) is 6.10 Å². The minimum absolute atomic E-state index is 0.171. The summed E-state index contributed by atoms with van der Waals surface area (Å²) >= 11 is 0. The van der Waals surface area contributed by atoms with Gasteiger partial charge in [0, 0.05) is 0 Å². The number of allylic oxidation sites excluding steroid dienone is 1. The maximum atomic E-state index is 9.65. The Morgan fingerprint density at radius 1 is 1.55 bits per heavy atom. The molecule has 62 valence electrons. The summed E-state index contributed by atoms with van der Waals surface area (Å²) in [5, 5.41) is 9.65. The molecule has 1 N–H and O–H groups in total. The first-order valence-corrected chi connectivity index (χ1v) is 4.40. The van der Waals surface area contributed by atoms with Crippen LogP contribution in [0.1, 0.15) is 27.2 Å². The van der Waals surface area contributed by atoms with Crippen LogP contribution in [-0.4, -0.2) is 11.2 Å². The van der Waals surface area contributed by atoms with Crippen LogP contribution >= 0.6 is 0 Å². The van der Waals surface area contributed by atoms with Crippen molar-refractivity contribution in [3.63, 3.8) is 0 Å². The summed E-state index contributed by atoms with van der Waals surface area (Å²) in [5.41, 5.74) is 1.75. The molecule has 3 rings (SSSR count). The van der Waals surface area contributed by atoms with E-state index in [-0.39, 0.29) is 6.10 Å². The number of aliphatic hydroxyl groups excluding tert-OH is 1. The Labute approximate surface area is 68.1 Å².